The summed E-state index contributed by atoms with van der Waals surface area (Å²) >= 11 is 1.44. The molecule has 2 atom stereocenters. The Hall–Kier alpha value is -1.01. The lowest BCUT2D eigenvalue weighted by Crippen LogP contribution is -2.53. The molecule has 0 bridgehead atoms. The normalized spacial score (nSPS) is 16.5. The summed E-state index contributed by atoms with van der Waals surface area (Å²) in [5.41, 5.74) is -0.937. The van der Waals surface area contributed by atoms with Crippen molar-refractivity contribution in [3.63, 3.8) is 0 Å². The van der Waals surface area contributed by atoms with Crippen LogP contribution in [0.1, 0.15) is 34.1 Å². The molecule has 1 rings (SSSR count). The molecule has 18 heavy (non-hydrogen) atoms. The van der Waals surface area contributed by atoms with E-state index in [4.69, 9.17) is 4.42 Å². The molecule has 0 aromatic carbocycles. The SMILES string of the molecule is CC(C)NC(C)(CC(C)Sc1ncco1)C(=O)O. The Morgan fingerprint density at radius 1 is 1.61 bits per heavy atom. The third-order valence-electron chi connectivity index (χ3n) is 2.49. The van der Waals surface area contributed by atoms with Gasteiger partial charge in [-0.1, -0.05) is 18.7 Å². The van der Waals surface area contributed by atoms with Gasteiger partial charge in [-0.3, -0.25) is 10.1 Å². The maximum absolute atomic E-state index is 11.4. The molecule has 2 N–H and O–H groups in total. The van der Waals surface area contributed by atoms with Crippen LogP contribution in [0, 0.1) is 0 Å². The molecule has 0 aliphatic carbocycles. The summed E-state index contributed by atoms with van der Waals surface area (Å²) in [6.07, 6.45) is 3.59. The largest absolute Gasteiger partial charge is 0.480 e. The summed E-state index contributed by atoms with van der Waals surface area (Å²) in [5, 5.41) is 13.1. The number of oxazole rings is 1. The molecule has 0 saturated heterocycles. The van der Waals surface area contributed by atoms with Gasteiger partial charge in [0.25, 0.3) is 5.22 Å². The van der Waals surface area contributed by atoms with E-state index in [1.807, 2.05) is 20.8 Å². The molecule has 1 aromatic heterocycles. The Bertz CT molecular complexity index is 381. The highest BCUT2D eigenvalue weighted by molar-refractivity contribution is 7.99. The number of carbonyl (C=O) groups is 1. The predicted molar refractivity (Wildman–Crippen MR) is 70.8 cm³/mol. The van der Waals surface area contributed by atoms with Gasteiger partial charge in [-0.25, -0.2) is 4.98 Å². The smallest absolute Gasteiger partial charge is 0.323 e. The fraction of sp³-hybridized carbons (Fsp3) is 0.667. The summed E-state index contributed by atoms with van der Waals surface area (Å²) in [4.78, 5) is 15.4. The highest BCUT2D eigenvalue weighted by Gasteiger charge is 2.35. The number of hydrogen-bond acceptors (Lipinski definition) is 5. The molecule has 1 heterocycles. The zero-order valence-electron chi connectivity index (χ0n) is 11.1. The predicted octanol–water partition coefficient (Wildman–Crippen LogP) is 2.39. The Morgan fingerprint density at radius 3 is 2.72 bits per heavy atom. The standard InChI is InChI=1S/C12H20N2O3S/c1-8(2)14-12(4,10(15)16)7-9(3)18-11-13-5-6-17-11/h5-6,8-9,14H,7H2,1-4H3,(H,15,16). The highest BCUT2D eigenvalue weighted by Crippen LogP contribution is 2.28. The van der Waals surface area contributed by atoms with Crippen LogP contribution in [0.2, 0.25) is 0 Å². The lowest BCUT2D eigenvalue weighted by Gasteiger charge is -2.30. The Kier molecular flexibility index (Phi) is 5.22. The molecule has 102 valence electrons. The van der Waals surface area contributed by atoms with Crippen molar-refractivity contribution < 1.29 is 14.3 Å². The number of rotatable bonds is 7. The fourth-order valence-electron chi connectivity index (χ4n) is 1.90. The van der Waals surface area contributed by atoms with E-state index in [-0.39, 0.29) is 11.3 Å². The molecule has 5 nitrogen and oxygen atoms in total. The second-order valence-electron chi connectivity index (χ2n) is 4.87. The summed E-state index contributed by atoms with van der Waals surface area (Å²) in [7, 11) is 0. The second-order valence-corrected chi connectivity index (χ2v) is 6.26. The average Bonchev–Trinajstić information content (AvgIpc) is 2.68. The number of aliphatic carboxylic acids is 1. The van der Waals surface area contributed by atoms with Crippen molar-refractivity contribution in [2.45, 2.75) is 56.2 Å². The van der Waals surface area contributed by atoms with Crippen molar-refractivity contribution in [3.8, 4) is 0 Å². The highest BCUT2D eigenvalue weighted by atomic mass is 32.2. The van der Waals surface area contributed by atoms with E-state index in [0.29, 0.717) is 11.6 Å². The molecular formula is C12H20N2O3S. The molecule has 0 spiro atoms. The minimum absolute atomic E-state index is 0.0935. The van der Waals surface area contributed by atoms with Gasteiger partial charge in [-0.2, -0.15) is 0 Å². The van der Waals surface area contributed by atoms with Crippen LogP contribution in [0.25, 0.3) is 0 Å². The van der Waals surface area contributed by atoms with Gasteiger partial charge in [0.05, 0.1) is 6.20 Å². The number of nitrogens with one attached hydrogen (secondary N) is 1. The summed E-state index contributed by atoms with van der Waals surface area (Å²) in [6.45, 7) is 7.56. The van der Waals surface area contributed by atoms with E-state index >= 15 is 0 Å². The van der Waals surface area contributed by atoms with Gasteiger partial charge < -0.3 is 9.52 Å². The first-order chi connectivity index (χ1) is 8.33. The number of hydrogen-bond donors (Lipinski definition) is 2. The summed E-state index contributed by atoms with van der Waals surface area (Å²) in [6, 6.07) is 0.116. The molecule has 0 aliphatic rings. The average molecular weight is 272 g/mol. The lowest BCUT2D eigenvalue weighted by molar-refractivity contribution is -0.144. The van der Waals surface area contributed by atoms with Gasteiger partial charge in [-0.05, 0) is 27.2 Å². The molecule has 0 saturated carbocycles. The lowest BCUT2D eigenvalue weighted by atomic mass is 9.95. The second kappa shape index (κ2) is 6.24. The van der Waals surface area contributed by atoms with Crippen LogP contribution < -0.4 is 5.32 Å². The van der Waals surface area contributed by atoms with Crippen molar-refractivity contribution in [3.05, 3.63) is 12.5 Å². The molecular weight excluding hydrogens is 252 g/mol. The Morgan fingerprint density at radius 2 is 2.28 bits per heavy atom. The Labute approximate surface area is 111 Å². The van der Waals surface area contributed by atoms with Crippen molar-refractivity contribution in [2.75, 3.05) is 0 Å². The van der Waals surface area contributed by atoms with E-state index in [1.165, 1.54) is 18.0 Å². The molecule has 2 unspecified atom stereocenters. The maximum atomic E-state index is 11.4. The van der Waals surface area contributed by atoms with Crippen molar-refractivity contribution in [1.82, 2.24) is 10.3 Å². The minimum Gasteiger partial charge on any atom is -0.480 e. The zero-order valence-corrected chi connectivity index (χ0v) is 12.0. The first-order valence-electron chi connectivity index (χ1n) is 5.91. The summed E-state index contributed by atoms with van der Waals surface area (Å²) < 4.78 is 5.14. The number of carboxylic acid groups (broad SMARTS) is 1. The van der Waals surface area contributed by atoms with Crippen molar-refractivity contribution in [1.29, 1.82) is 0 Å². The number of thioether (sulfide) groups is 1. The van der Waals surface area contributed by atoms with Gasteiger partial charge in [0.15, 0.2) is 0 Å². The van der Waals surface area contributed by atoms with E-state index in [1.54, 1.807) is 13.1 Å². The third kappa shape index (κ3) is 4.34. The van der Waals surface area contributed by atoms with E-state index < -0.39 is 11.5 Å². The van der Waals surface area contributed by atoms with E-state index in [2.05, 4.69) is 10.3 Å². The zero-order chi connectivity index (χ0) is 13.8. The monoisotopic (exact) mass is 272 g/mol. The number of nitrogens with zero attached hydrogens (tertiary/aromatic N) is 1. The fourth-order valence-corrected chi connectivity index (χ4v) is 2.90. The molecule has 0 amide bonds. The van der Waals surface area contributed by atoms with E-state index in [0.717, 1.165) is 0 Å². The Balaban J connectivity index is 2.63. The van der Waals surface area contributed by atoms with Crippen LogP contribution in [0.5, 0.6) is 0 Å². The van der Waals surface area contributed by atoms with Gasteiger partial charge >= 0.3 is 5.97 Å². The van der Waals surface area contributed by atoms with Gasteiger partial charge in [0.2, 0.25) is 0 Å². The molecule has 0 aliphatic heterocycles. The topological polar surface area (TPSA) is 75.4 Å². The van der Waals surface area contributed by atoms with Crippen LogP contribution in [0.4, 0.5) is 0 Å². The molecule has 6 heteroatoms. The number of aromatic nitrogens is 1. The summed E-state index contributed by atoms with van der Waals surface area (Å²) in [5.74, 6) is -0.837. The van der Waals surface area contributed by atoms with Crippen LogP contribution in [0.15, 0.2) is 22.1 Å². The van der Waals surface area contributed by atoms with E-state index in [9.17, 15) is 9.90 Å². The number of carboxylic acids is 1. The molecule has 1 aromatic rings. The quantitative estimate of drug-likeness (QED) is 0.742. The van der Waals surface area contributed by atoms with Crippen molar-refractivity contribution in [2.24, 2.45) is 0 Å². The molecule has 0 radical (unpaired) electrons. The van der Waals surface area contributed by atoms with Crippen LogP contribution >= 0.6 is 11.8 Å². The maximum Gasteiger partial charge on any atom is 0.323 e. The molecule has 0 fully saturated rings. The van der Waals surface area contributed by atoms with Crippen LogP contribution in [0.3, 0.4) is 0 Å². The first kappa shape index (κ1) is 15.0. The van der Waals surface area contributed by atoms with Gasteiger partial charge in [0, 0.05) is 11.3 Å². The van der Waals surface area contributed by atoms with Crippen molar-refractivity contribution >= 4 is 17.7 Å². The van der Waals surface area contributed by atoms with Crippen LogP contribution in [-0.2, 0) is 4.79 Å². The first-order valence-corrected chi connectivity index (χ1v) is 6.78. The van der Waals surface area contributed by atoms with Gasteiger partial charge in [0.1, 0.15) is 11.8 Å². The van der Waals surface area contributed by atoms with Gasteiger partial charge in [-0.15, -0.1) is 0 Å². The van der Waals surface area contributed by atoms with Crippen LogP contribution in [-0.4, -0.2) is 32.9 Å². The minimum atomic E-state index is -0.937. The third-order valence-corrected chi connectivity index (χ3v) is 3.46.